The van der Waals surface area contributed by atoms with E-state index in [0.29, 0.717) is 24.3 Å². The lowest BCUT2D eigenvalue weighted by atomic mass is 9.70. The van der Waals surface area contributed by atoms with Crippen LogP contribution in [0.15, 0.2) is 18.2 Å². The number of benzene rings is 1. The largest absolute Gasteiger partial charge is 0.481 e. The summed E-state index contributed by atoms with van der Waals surface area (Å²) in [5.74, 6) is -1.78. The topological polar surface area (TPSA) is 37.3 Å². The lowest BCUT2D eigenvalue weighted by Gasteiger charge is -2.34. The van der Waals surface area contributed by atoms with Crippen molar-refractivity contribution < 1.29 is 18.7 Å². The first-order valence-corrected chi connectivity index (χ1v) is 7.68. The van der Waals surface area contributed by atoms with Gasteiger partial charge in [-0.25, -0.2) is 8.78 Å². The van der Waals surface area contributed by atoms with E-state index in [-0.39, 0.29) is 5.92 Å². The Bertz CT molecular complexity index is 502. The molecule has 1 N–H and O–H groups in total. The second kappa shape index (κ2) is 7.01. The Morgan fingerprint density at radius 2 is 2.10 bits per heavy atom. The van der Waals surface area contributed by atoms with Crippen LogP contribution in [-0.2, 0) is 11.2 Å². The average molecular weight is 296 g/mol. The lowest BCUT2D eigenvalue weighted by molar-refractivity contribution is -0.145. The third-order valence-corrected chi connectivity index (χ3v) is 4.60. The Kier molecular flexibility index (Phi) is 5.32. The molecule has 4 heteroatoms. The van der Waals surface area contributed by atoms with Gasteiger partial charge in [0.1, 0.15) is 11.6 Å². The molecule has 1 aliphatic carbocycles. The van der Waals surface area contributed by atoms with Crippen LogP contribution in [-0.4, -0.2) is 11.1 Å². The van der Waals surface area contributed by atoms with Gasteiger partial charge < -0.3 is 5.11 Å². The van der Waals surface area contributed by atoms with Gasteiger partial charge in [-0.15, -0.1) is 0 Å². The SMILES string of the molecule is CCCC1CCC(C(=O)O)C(Cc2cc(F)ccc2F)C1. The van der Waals surface area contributed by atoms with Gasteiger partial charge in [-0.05, 0) is 61.3 Å². The van der Waals surface area contributed by atoms with Gasteiger partial charge in [0.15, 0.2) is 0 Å². The van der Waals surface area contributed by atoms with Crippen molar-refractivity contribution >= 4 is 5.97 Å². The fraction of sp³-hybridized carbons (Fsp3) is 0.588. The first kappa shape index (κ1) is 15.9. The van der Waals surface area contributed by atoms with Gasteiger partial charge in [0.25, 0.3) is 0 Å². The van der Waals surface area contributed by atoms with Crippen LogP contribution in [0.2, 0.25) is 0 Å². The Morgan fingerprint density at radius 3 is 2.76 bits per heavy atom. The van der Waals surface area contributed by atoms with Gasteiger partial charge >= 0.3 is 5.97 Å². The number of halogens is 2. The van der Waals surface area contributed by atoms with Crippen molar-refractivity contribution in [3.8, 4) is 0 Å². The molecule has 0 saturated heterocycles. The maximum atomic E-state index is 13.8. The van der Waals surface area contributed by atoms with Gasteiger partial charge in [0, 0.05) is 0 Å². The van der Waals surface area contributed by atoms with Crippen molar-refractivity contribution in [2.24, 2.45) is 17.8 Å². The van der Waals surface area contributed by atoms with E-state index in [1.807, 2.05) is 0 Å². The molecule has 1 aliphatic rings. The molecule has 2 rings (SSSR count). The highest BCUT2D eigenvalue weighted by Crippen LogP contribution is 2.38. The maximum Gasteiger partial charge on any atom is 0.306 e. The van der Waals surface area contributed by atoms with Crippen molar-refractivity contribution in [3.63, 3.8) is 0 Å². The number of carbonyl (C=O) groups is 1. The van der Waals surface area contributed by atoms with Crippen LogP contribution in [0.4, 0.5) is 8.78 Å². The second-order valence-electron chi connectivity index (χ2n) is 6.11. The Balaban J connectivity index is 2.15. The molecule has 2 nitrogen and oxygen atoms in total. The molecular formula is C17H22F2O2. The first-order valence-electron chi connectivity index (χ1n) is 7.68. The van der Waals surface area contributed by atoms with Crippen LogP contribution in [0.5, 0.6) is 0 Å². The minimum absolute atomic E-state index is 0.107. The summed E-state index contributed by atoms with van der Waals surface area (Å²) in [5, 5.41) is 9.36. The fourth-order valence-corrected chi connectivity index (χ4v) is 3.56. The maximum absolute atomic E-state index is 13.8. The Hall–Kier alpha value is -1.45. The third kappa shape index (κ3) is 4.02. The van der Waals surface area contributed by atoms with Crippen LogP contribution < -0.4 is 0 Å². The number of rotatable bonds is 5. The van der Waals surface area contributed by atoms with Crippen molar-refractivity contribution in [1.29, 1.82) is 0 Å². The molecule has 0 radical (unpaired) electrons. The van der Waals surface area contributed by atoms with Crippen molar-refractivity contribution in [3.05, 3.63) is 35.4 Å². The molecule has 0 aromatic heterocycles. The minimum atomic E-state index is -0.813. The molecule has 1 saturated carbocycles. The van der Waals surface area contributed by atoms with E-state index >= 15 is 0 Å². The zero-order valence-corrected chi connectivity index (χ0v) is 12.3. The summed E-state index contributed by atoms with van der Waals surface area (Å²) in [6.07, 6.45) is 4.81. The molecule has 1 aromatic carbocycles. The highest BCUT2D eigenvalue weighted by Gasteiger charge is 2.35. The number of carboxylic acids is 1. The molecular weight excluding hydrogens is 274 g/mol. The molecule has 116 valence electrons. The highest BCUT2D eigenvalue weighted by atomic mass is 19.1. The van der Waals surface area contributed by atoms with E-state index in [0.717, 1.165) is 37.8 Å². The second-order valence-corrected chi connectivity index (χ2v) is 6.11. The van der Waals surface area contributed by atoms with E-state index in [1.54, 1.807) is 0 Å². The quantitative estimate of drug-likeness (QED) is 0.873. The van der Waals surface area contributed by atoms with Crippen molar-refractivity contribution in [2.75, 3.05) is 0 Å². The van der Waals surface area contributed by atoms with Gasteiger partial charge in [-0.3, -0.25) is 4.79 Å². The average Bonchev–Trinajstić information content (AvgIpc) is 2.43. The van der Waals surface area contributed by atoms with Crippen molar-refractivity contribution in [1.82, 2.24) is 0 Å². The van der Waals surface area contributed by atoms with Gasteiger partial charge in [0.2, 0.25) is 0 Å². The molecule has 0 aliphatic heterocycles. The zero-order chi connectivity index (χ0) is 15.4. The van der Waals surface area contributed by atoms with Crippen molar-refractivity contribution in [2.45, 2.75) is 45.4 Å². The van der Waals surface area contributed by atoms with Crippen LogP contribution in [0, 0.1) is 29.4 Å². The Labute approximate surface area is 124 Å². The van der Waals surface area contributed by atoms with Gasteiger partial charge in [0.05, 0.1) is 5.92 Å². The standard InChI is InChI=1S/C17H22F2O2/c1-2-3-11-4-6-15(17(20)21)12(8-11)9-13-10-14(18)5-7-16(13)19/h5,7,10-12,15H,2-4,6,8-9H2,1H3,(H,20,21). The normalized spacial score (nSPS) is 25.8. The number of aliphatic carboxylic acids is 1. The lowest BCUT2D eigenvalue weighted by Crippen LogP contribution is -2.32. The molecule has 3 atom stereocenters. The minimum Gasteiger partial charge on any atom is -0.481 e. The van der Waals surface area contributed by atoms with Crippen LogP contribution in [0.1, 0.15) is 44.6 Å². The van der Waals surface area contributed by atoms with Crippen LogP contribution in [0.25, 0.3) is 0 Å². The summed E-state index contributed by atoms with van der Waals surface area (Å²) in [6.45, 7) is 2.12. The molecule has 0 bridgehead atoms. The fourth-order valence-electron chi connectivity index (χ4n) is 3.56. The summed E-state index contributed by atoms with van der Waals surface area (Å²) in [4.78, 5) is 11.4. The van der Waals surface area contributed by atoms with E-state index in [2.05, 4.69) is 6.92 Å². The third-order valence-electron chi connectivity index (χ3n) is 4.60. The van der Waals surface area contributed by atoms with E-state index in [1.165, 1.54) is 6.07 Å². The summed E-state index contributed by atoms with van der Waals surface area (Å²) in [6, 6.07) is 3.40. The number of hydrogen-bond donors (Lipinski definition) is 1. The molecule has 0 spiro atoms. The van der Waals surface area contributed by atoms with Gasteiger partial charge in [-0.2, -0.15) is 0 Å². The molecule has 0 heterocycles. The smallest absolute Gasteiger partial charge is 0.306 e. The van der Waals surface area contributed by atoms with E-state index in [9.17, 15) is 18.7 Å². The van der Waals surface area contributed by atoms with E-state index < -0.39 is 23.5 Å². The van der Waals surface area contributed by atoms with Crippen LogP contribution >= 0.6 is 0 Å². The number of hydrogen-bond acceptors (Lipinski definition) is 1. The molecule has 21 heavy (non-hydrogen) atoms. The molecule has 1 aromatic rings. The summed E-state index contributed by atoms with van der Waals surface area (Å²) in [7, 11) is 0. The Morgan fingerprint density at radius 1 is 1.33 bits per heavy atom. The predicted molar refractivity (Wildman–Crippen MR) is 76.9 cm³/mol. The zero-order valence-electron chi connectivity index (χ0n) is 12.3. The van der Waals surface area contributed by atoms with Crippen LogP contribution in [0.3, 0.4) is 0 Å². The molecule has 0 amide bonds. The van der Waals surface area contributed by atoms with E-state index in [4.69, 9.17) is 0 Å². The predicted octanol–water partition coefficient (Wildman–Crippen LogP) is 4.42. The number of carboxylic acid groups (broad SMARTS) is 1. The molecule has 3 unspecified atom stereocenters. The van der Waals surface area contributed by atoms with Gasteiger partial charge in [-0.1, -0.05) is 19.8 Å². The first-order chi connectivity index (χ1) is 10.0. The highest BCUT2D eigenvalue weighted by molar-refractivity contribution is 5.70. The summed E-state index contributed by atoms with van der Waals surface area (Å²) < 4.78 is 27.1. The molecule has 1 fully saturated rings. The summed E-state index contributed by atoms with van der Waals surface area (Å²) in [5.41, 5.74) is 0.295. The summed E-state index contributed by atoms with van der Waals surface area (Å²) >= 11 is 0. The monoisotopic (exact) mass is 296 g/mol.